The fourth-order valence-corrected chi connectivity index (χ4v) is 2.23. The number of likely N-dealkylation sites (N-methyl/N-ethyl adjacent to an activating group) is 2. The Hall–Kier alpha value is -2.22. The summed E-state index contributed by atoms with van der Waals surface area (Å²) in [6, 6.07) is 1.82. The van der Waals surface area contributed by atoms with Crippen molar-refractivity contribution in [2.45, 2.75) is 46.3 Å². The van der Waals surface area contributed by atoms with E-state index in [1.165, 1.54) is 0 Å². The molecule has 1 amide bonds. The van der Waals surface area contributed by atoms with E-state index in [0.717, 1.165) is 24.6 Å². The maximum atomic E-state index is 12.2. The van der Waals surface area contributed by atoms with Crippen LogP contribution < -0.4 is 20.3 Å². The zero-order valence-corrected chi connectivity index (χ0v) is 18.1. The number of nitrogens with zero attached hydrogens (tertiary/aromatic N) is 3. The number of hydrogen-bond donors (Lipinski definition) is 2. The van der Waals surface area contributed by atoms with Crippen molar-refractivity contribution in [2.75, 3.05) is 56.8 Å². The molecule has 1 aromatic rings. The predicted molar refractivity (Wildman–Crippen MR) is 111 cm³/mol. The van der Waals surface area contributed by atoms with E-state index in [0.29, 0.717) is 11.6 Å². The maximum absolute atomic E-state index is 12.2. The third kappa shape index (κ3) is 7.90. The summed E-state index contributed by atoms with van der Waals surface area (Å²) in [5.74, 6) is 1.12. The molecule has 0 aliphatic rings. The quantitative estimate of drug-likeness (QED) is 0.715. The lowest BCUT2D eigenvalue weighted by Gasteiger charge is -2.25. The standard InChI is InChI=1S/C19H35N5O3/c1-13(2)26-17-15(21-18(25)27-19(3,4)5)12-14(20-6)16(22-17)24(9)11-10-23(7)8/h12-13,20H,10-11H2,1-9H3,(H,21,25). The van der Waals surface area contributed by atoms with Crippen molar-refractivity contribution in [2.24, 2.45) is 0 Å². The molecule has 0 aliphatic carbocycles. The molecule has 0 fully saturated rings. The van der Waals surface area contributed by atoms with E-state index in [4.69, 9.17) is 9.47 Å². The third-order valence-corrected chi connectivity index (χ3v) is 3.46. The summed E-state index contributed by atoms with van der Waals surface area (Å²) in [7, 11) is 7.86. The van der Waals surface area contributed by atoms with Gasteiger partial charge in [0.2, 0.25) is 5.88 Å². The normalized spacial score (nSPS) is 11.5. The molecule has 2 N–H and O–H groups in total. The lowest BCUT2D eigenvalue weighted by Crippen LogP contribution is -2.30. The smallest absolute Gasteiger partial charge is 0.412 e. The highest BCUT2D eigenvalue weighted by Crippen LogP contribution is 2.34. The van der Waals surface area contributed by atoms with E-state index >= 15 is 0 Å². The minimum absolute atomic E-state index is 0.0861. The monoisotopic (exact) mass is 381 g/mol. The van der Waals surface area contributed by atoms with Crippen molar-refractivity contribution in [1.82, 2.24) is 9.88 Å². The second-order valence-corrected chi connectivity index (χ2v) is 7.98. The van der Waals surface area contributed by atoms with Gasteiger partial charge < -0.3 is 24.6 Å². The lowest BCUT2D eigenvalue weighted by molar-refractivity contribution is 0.0634. The van der Waals surface area contributed by atoms with E-state index < -0.39 is 11.7 Å². The molecule has 27 heavy (non-hydrogen) atoms. The van der Waals surface area contributed by atoms with Gasteiger partial charge in [-0.2, -0.15) is 4.98 Å². The third-order valence-electron chi connectivity index (χ3n) is 3.46. The van der Waals surface area contributed by atoms with Crippen LogP contribution in [-0.2, 0) is 4.74 Å². The van der Waals surface area contributed by atoms with Crippen molar-refractivity contribution < 1.29 is 14.3 Å². The molecule has 0 aliphatic heterocycles. The number of aromatic nitrogens is 1. The van der Waals surface area contributed by atoms with Crippen LogP contribution in [0.4, 0.5) is 22.0 Å². The van der Waals surface area contributed by atoms with Crippen LogP contribution in [0, 0.1) is 0 Å². The van der Waals surface area contributed by atoms with Crippen molar-refractivity contribution in [3.63, 3.8) is 0 Å². The van der Waals surface area contributed by atoms with Gasteiger partial charge in [0.15, 0.2) is 5.82 Å². The SMILES string of the molecule is CNc1cc(NC(=O)OC(C)(C)C)c(OC(C)C)nc1N(C)CCN(C)C. The average Bonchev–Trinajstić information content (AvgIpc) is 2.51. The number of hydrogen-bond acceptors (Lipinski definition) is 7. The lowest BCUT2D eigenvalue weighted by atomic mass is 10.2. The van der Waals surface area contributed by atoms with E-state index in [2.05, 4.69) is 25.4 Å². The fourth-order valence-electron chi connectivity index (χ4n) is 2.23. The van der Waals surface area contributed by atoms with Crippen LogP contribution in [0.2, 0.25) is 0 Å². The molecule has 0 saturated carbocycles. The molecule has 8 nitrogen and oxygen atoms in total. The molecular formula is C19H35N5O3. The summed E-state index contributed by atoms with van der Waals surface area (Å²) in [6.45, 7) is 11.0. The van der Waals surface area contributed by atoms with Crippen molar-refractivity contribution in [3.05, 3.63) is 6.07 Å². The van der Waals surface area contributed by atoms with Crippen LogP contribution in [0.3, 0.4) is 0 Å². The number of carbonyl (C=O) groups excluding carboxylic acids is 1. The van der Waals surface area contributed by atoms with Crippen molar-refractivity contribution in [3.8, 4) is 5.88 Å². The minimum Gasteiger partial charge on any atom is -0.473 e. The maximum Gasteiger partial charge on any atom is 0.412 e. The highest BCUT2D eigenvalue weighted by Gasteiger charge is 2.21. The highest BCUT2D eigenvalue weighted by molar-refractivity contribution is 5.88. The van der Waals surface area contributed by atoms with E-state index in [1.54, 1.807) is 0 Å². The van der Waals surface area contributed by atoms with Crippen LogP contribution in [0.15, 0.2) is 6.07 Å². The van der Waals surface area contributed by atoms with Crippen molar-refractivity contribution in [1.29, 1.82) is 0 Å². The van der Waals surface area contributed by atoms with E-state index in [1.807, 2.05) is 68.9 Å². The van der Waals surface area contributed by atoms with E-state index in [9.17, 15) is 4.79 Å². The molecule has 0 atom stereocenters. The molecule has 154 valence electrons. The van der Waals surface area contributed by atoms with Gasteiger partial charge in [0, 0.05) is 27.2 Å². The van der Waals surface area contributed by atoms with Gasteiger partial charge in [0.25, 0.3) is 0 Å². The summed E-state index contributed by atoms with van der Waals surface area (Å²) >= 11 is 0. The zero-order valence-electron chi connectivity index (χ0n) is 18.1. The number of amides is 1. The van der Waals surface area contributed by atoms with Crippen LogP contribution in [0.5, 0.6) is 5.88 Å². The Bertz CT molecular complexity index is 627. The Kier molecular flexibility index (Phi) is 8.15. The first kappa shape index (κ1) is 22.8. The number of pyridine rings is 1. The van der Waals surface area contributed by atoms with E-state index in [-0.39, 0.29) is 6.10 Å². The Balaban J connectivity index is 3.20. The number of ether oxygens (including phenoxy) is 2. The van der Waals surface area contributed by atoms with Crippen LogP contribution in [-0.4, -0.2) is 69.0 Å². The average molecular weight is 382 g/mol. The van der Waals surface area contributed by atoms with Gasteiger partial charge in [-0.3, -0.25) is 5.32 Å². The summed E-state index contributed by atoms with van der Waals surface area (Å²) in [4.78, 5) is 21.0. The van der Waals surface area contributed by atoms with Gasteiger partial charge in [0.05, 0.1) is 11.8 Å². The molecule has 0 saturated heterocycles. The fraction of sp³-hybridized carbons (Fsp3) is 0.684. The molecule has 0 spiro atoms. The molecule has 1 heterocycles. The van der Waals surface area contributed by atoms with Gasteiger partial charge in [0.1, 0.15) is 11.3 Å². The number of carbonyl (C=O) groups is 1. The molecular weight excluding hydrogens is 346 g/mol. The Morgan fingerprint density at radius 2 is 1.81 bits per heavy atom. The Morgan fingerprint density at radius 1 is 1.19 bits per heavy atom. The predicted octanol–water partition coefficient (Wildman–Crippen LogP) is 3.26. The topological polar surface area (TPSA) is 79.0 Å². The molecule has 8 heteroatoms. The van der Waals surface area contributed by atoms with Crippen LogP contribution in [0.1, 0.15) is 34.6 Å². The largest absolute Gasteiger partial charge is 0.473 e. The van der Waals surface area contributed by atoms with Gasteiger partial charge in [-0.25, -0.2) is 4.79 Å². The van der Waals surface area contributed by atoms with Crippen molar-refractivity contribution >= 4 is 23.3 Å². The number of anilines is 3. The molecule has 0 aromatic carbocycles. The minimum atomic E-state index is -0.589. The number of rotatable bonds is 8. The summed E-state index contributed by atoms with van der Waals surface area (Å²) in [6.07, 6.45) is -0.634. The zero-order chi connectivity index (χ0) is 20.8. The van der Waals surface area contributed by atoms with Gasteiger partial charge in [-0.15, -0.1) is 0 Å². The van der Waals surface area contributed by atoms with Gasteiger partial charge in [-0.05, 0) is 54.8 Å². The highest BCUT2D eigenvalue weighted by atomic mass is 16.6. The number of nitrogens with one attached hydrogen (secondary N) is 2. The Labute approximate surface area is 163 Å². The first-order valence-electron chi connectivity index (χ1n) is 9.18. The molecule has 0 bridgehead atoms. The molecule has 0 unspecified atom stereocenters. The second kappa shape index (κ2) is 9.64. The van der Waals surface area contributed by atoms with Gasteiger partial charge in [-0.1, -0.05) is 0 Å². The first-order chi connectivity index (χ1) is 12.4. The Morgan fingerprint density at radius 3 is 2.30 bits per heavy atom. The molecule has 1 aromatic heterocycles. The second-order valence-electron chi connectivity index (χ2n) is 7.98. The van der Waals surface area contributed by atoms with Crippen LogP contribution in [0.25, 0.3) is 0 Å². The first-order valence-corrected chi connectivity index (χ1v) is 9.18. The summed E-state index contributed by atoms with van der Waals surface area (Å²) in [5.41, 5.74) is 0.667. The summed E-state index contributed by atoms with van der Waals surface area (Å²) < 4.78 is 11.2. The molecule has 1 rings (SSSR count). The van der Waals surface area contributed by atoms with Crippen LogP contribution >= 0.6 is 0 Å². The molecule has 0 radical (unpaired) electrons. The summed E-state index contributed by atoms with van der Waals surface area (Å²) in [5, 5.41) is 5.89. The van der Waals surface area contributed by atoms with Gasteiger partial charge >= 0.3 is 6.09 Å².